The molecule has 0 aromatic heterocycles. The van der Waals surface area contributed by atoms with Crippen molar-refractivity contribution < 1.29 is 23.8 Å². The van der Waals surface area contributed by atoms with Crippen LogP contribution in [-0.4, -0.2) is 37.9 Å². The molecule has 0 amide bonds. The van der Waals surface area contributed by atoms with Crippen LogP contribution < -0.4 is 0 Å². The molecule has 0 saturated heterocycles. The molecule has 0 aromatic rings. The average molecular weight is 972 g/mol. The van der Waals surface area contributed by atoms with E-state index >= 15 is 0 Å². The molecular formula is C65H110O5. The average Bonchev–Trinajstić information content (AvgIpc) is 3.36. The number of esters is 2. The van der Waals surface area contributed by atoms with Gasteiger partial charge >= 0.3 is 11.9 Å². The van der Waals surface area contributed by atoms with Crippen LogP contribution in [0.4, 0.5) is 0 Å². The molecule has 1 unspecified atom stereocenters. The minimum atomic E-state index is -0.602. The van der Waals surface area contributed by atoms with E-state index in [0.717, 1.165) is 89.9 Å². The molecular weight excluding hydrogens is 861 g/mol. The normalized spacial score (nSPS) is 13.0. The molecule has 0 aromatic carbocycles. The van der Waals surface area contributed by atoms with Gasteiger partial charge in [0.2, 0.25) is 0 Å². The van der Waals surface area contributed by atoms with Gasteiger partial charge in [-0.3, -0.25) is 9.59 Å². The van der Waals surface area contributed by atoms with Gasteiger partial charge in [0.1, 0.15) is 6.61 Å². The van der Waals surface area contributed by atoms with Crippen LogP contribution in [0.15, 0.2) is 109 Å². The number of carbonyl (C=O) groups is 2. The third kappa shape index (κ3) is 57.1. The summed E-state index contributed by atoms with van der Waals surface area (Å²) < 4.78 is 17.4. The van der Waals surface area contributed by atoms with Crippen LogP contribution in [0.1, 0.15) is 265 Å². The van der Waals surface area contributed by atoms with E-state index in [1.807, 2.05) is 12.2 Å². The molecule has 0 N–H and O–H groups in total. The maximum Gasteiger partial charge on any atom is 0.310 e. The van der Waals surface area contributed by atoms with Crippen molar-refractivity contribution in [1.82, 2.24) is 0 Å². The first-order valence-corrected chi connectivity index (χ1v) is 29.4. The summed E-state index contributed by atoms with van der Waals surface area (Å²) in [5.74, 6) is -0.545. The van der Waals surface area contributed by atoms with Gasteiger partial charge in [-0.25, -0.2) is 0 Å². The Hall–Kier alpha value is -3.44. The summed E-state index contributed by atoms with van der Waals surface area (Å²) in [6.07, 6.45) is 82.9. The molecule has 0 spiro atoms. The molecule has 5 nitrogen and oxygen atoms in total. The summed E-state index contributed by atoms with van der Waals surface area (Å²) in [6, 6.07) is 0. The van der Waals surface area contributed by atoms with E-state index in [2.05, 4.69) is 118 Å². The van der Waals surface area contributed by atoms with Gasteiger partial charge in [-0.1, -0.05) is 278 Å². The Labute approximate surface area is 434 Å². The first kappa shape index (κ1) is 66.6. The van der Waals surface area contributed by atoms with E-state index in [1.54, 1.807) is 0 Å². The third-order valence-electron chi connectivity index (χ3n) is 12.3. The second kappa shape index (κ2) is 59.9. The summed E-state index contributed by atoms with van der Waals surface area (Å²) >= 11 is 0. The zero-order valence-corrected chi connectivity index (χ0v) is 46.0. The Balaban J connectivity index is 4.37. The lowest BCUT2D eigenvalue weighted by Crippen LogP contribution is -2.29. The first-order chi connectivity index (χ1) is 34.6. The number of hydrogen-bond acceptors (Lipinski definition) is 5. The molecule has 0 aliphatic heterocycles. The van der Waals surface area contributed by atoms with Gasteiger partial charge in [-0.15, -0.1) is 0 Å². The molecule has 0 heterocycles. The number of hydrogen-bond donors (Lipinski definition) is 0. The van der Waals surface area contributed by atoms with E-state index in [0.29, 0.717) is 13.0 Å². The molecule has 0 radical (unpaired) electrons. The second-order valence-electron chi connectivity index (χ2n) is 19.2. The van der Waals surface area contributed by atoms with Crippen molar-refractivity contribution in [3.05, 3.63) is 109 Å². The number of rotatable bonds is 53. The fraction of sp³-hybridized carbons (Fsp3) is 0.692. The maximum atomic E-state index is 12.8. The molecule has 0 aliphatic rings. The highest BCUT2D eigenvalue weighted by Crippen LogP contribution is 2.16. The van der Waals surface area contributed by atoms with E-state index in [9.17, 15) is 9.59 Å². The molecule has 0 aliphatic carbocycles. The minimum absolute atomic E-state index is 0.0380. The van der Waals surface area contributed by atoms with E-state index in [-0.39, 0.29) is 31.6 Å². The number of carbonyl (C=O) groups excluding carboxylic acids is 2. The van der Waals surface area contributed by atoms with Gasteiger partial charge in [0.25, 0.3) is 0 Å². The lowest BCUT2D eigenvalue weighted by molar-refractivity contribution is -0.162. The van der Waals surface area contributed by atoms with E-state index in [4.69, 9.17) is 14.2 Å². The van der Waals surface area contributed by atoms with Crippen LogP contribution in [0.2, 0.25) is 0 Å². The van der Waals surface area contributed by atoms with Crippen LogP contribution in [0.5, 0.6) is 0 Å². The van der Waals surface area contributed by atoms with E-state index in [1.165, 1.54) is 141 Å². The van der Waals surface area contributed by atoms with Crippen molar-refractivity contribution >= 4 is 11.9 Å². The lowest BCUT2D eigenvalue weighted by atomic mass is 10.0. The second-order valence-corrected chi connectivity index (χ2v) is 19.2. The molecule has 0 rings (SSSR count). The van der Waals surface area contributed by atoms with E-state index < -0.39 is 6.10 Å². The van der Waals surface area contributed by atoms with Gasteiger partial charge in [-0.2, -0.15) is 0 Å². The number of unbranched alkanes of at least 4 members (excludes halogenated alkanes) is 25. The summed E-state index contributed by atoms with van der Waals surface area (Å²) in [5.41, 5.74) is 0. The molecule has 400 valence electrons. The van der Waals surface area contributed by atoms with Crippen LogP contribution >= 0.6 is 0 Å². The van der Waals surface area contributed by atoms with Gasteiger partial charge in [0.05, 0.1) is 13.0 Å². The molecule has 70 heavy (non-hydrogen) atoms. The van der Waals surface area contributed by atoms with Crippen LogP contribution in [0, 0.1) is 0 Å². The zero-order chi connectivity index (χ0) is 50.6. The van der Waals surface area contributed by atoms with Crippen LogP contribution in [0.3, 0.4) is 0 Å². The lowest BCUT2D eigenvalue weighted by Gasteiger charge is -2.18. The van der Waals surface area contributed by atoms with Gasteiger partial charge < -0.3 is 14.2 Å². The van der Waals surface area contributed by atoms with Gasteiger partial charge in [0, 0.05) is 13.0 Å². The molecule has 0 bridgehead atoms. The zero-order valence-electron chi connectivity index (χ0n) is 46.0. The maximum absolute atomic E-state index is 12.8. The summed E-state index contributed by atoms with van der Waals surface area (Å²) in [6.45, 7) is 7.49. The summed E-state index contributed by atoms with van der Waals surface area (Å²) in [5, 5.41) is 0. The molecule has 1 atom stereocenters. The molecule has 5 heteroatoms. The Kier molecular flexibility index (Phi) is 56.9. The quantitative estimate of drug-likeness (QED) is 0.0345. The van der Waals surface area contributed by atoms with Crippen molar-refractivity contribution in [3.63, 3.8) is 0 Å². The Morgan fingerprint density at radius 3 is 1.10 bits per heavy atom. The van der Waals surface area contributed by atoms with Gasteiger partial charge in [-0.05, 0) is 83.5 Å². The Morgan fingerprint density at radius 1 is 0.343 bits per heavy atom. The minimum Gasteiger partial charge on any atom is -0.462 e. The van der Waals surface area contributed by atoms with Crippen LogP contribution in [0.25, 0.3) is 0 Å². The fourth-order valence-electron chi connectivity index (χ4n) is 8.05. The smallest absolute Gasteiger partial charge is 0.310 e. The molecule has 0 saturated carbocycles. The Morgan fingerprint density at radius 2 is 0.686 bits per heavy atom. The Bertz CT molecular complexity index is 1380. The highest BCUT2D eigenvalue weighted by Gasteiger charge is 2.17. The predicted molar refractivity (Wildman–Crippen MR) is 306 cm³/mol. The van der Waals surface area contributed by atoms with Crippen molar-refractivity contribution in [3.8, 4) is 0 Å². The highest BCUT2D eigenvalue weighted by molar-refractivity contribution is 5.71. The summed E-state index contributed by atoms with van der Waals surface area (Å²) in [7, 11) is 0. The fourth-order valence-corrected chi connectivity index (χ4v) is 8.05. The van der Waals surface area contributed by atoms with Gasteiger partial charge in [0.15, 0.2) is 6.10 Å². The number of ether oxygens (including phenoxy) is 3. The first-order valence-electron chi connectivity index (χ1n) is 29.4. The topological polar surface area (TPSA) is 61.8 Å². The van der Waals surface area contributed by atoms with Crippen molar-refractivity contribution in [2.75, 3.05) is 19.8 Å². The van der Waals surface area contributed by atoms with Crippen molar-refractivity contribution in [1.29, 1.82) is 0 Å². The van der Waals surface area contributed by atoms with Crippen LogP contribution in [-0.2, 0) is 23.8 Å². The monoisotopic (exact) mass is 971 g/mol. The standard InChI is InChI=1S/C65H110O5/c1-4-7-10-13-16-19-22-25-28-30-32-34-36-39-42-45-48-51-54-57-60-68-61-63(70-65(67)59-56-53-50-47-44-41-37-27-24-21-18-15-12-9-6-3)62-69-64(66)58-55-52-49-46-43-40-38-35-33-31-29-26-23-20-17-14-11-8-5-2/h7,9-10,12,16,18-19,21,25,27-28,32,34,37,44,47,53,56,63H,4-6,8,11,13-15,17,20,22-24,26,29-31,33,35-36,38-43,45-46,48-52,54-55,57-62H2,1-3H3/b10-7-,12-9-,19-16-,21-18-,28-25-,34-32-,37-27-,47-44-,56-53-. The summed E-state index contributed by atoms with van der Waals surface area (Å²) in [4.78, 5) is 25.5. The SMILES string of the molecule is CC/C=C\C/C=C\C/C=C\C/C=C\C/C=C\CC(=O)OC(COCCCCCCCCC/C=C\C/C=C\C/C=C\C/C=C\CC)COC(=O)CCCCCCCCCCCCCCCCCCCCC. The largest absolute Gasteiger partial charge is 0.462 e. The van der Waals surface area contributed by atoms with Crippen molar-refractivity contribution in [2.45, 2.75) is 271 Å². The highest BCUT2D eigenvalue weighted by atomic mass is 16.6. The van der Waals surface area contributed by atoms with Crippen molar-refractivity contribution in [2.24, 2.45) is 0 Å². The predicted octanol–water partition coefficient (Wildman–Crippen LogP) is 20.3. The molecule has 0 fully saturated rings. The number of allylic oxidation sites excluding steroid dienone is 17. The third-order valence-corrected chi connectivity index (χ3v) is 12.3.